The Bertz CT molecular complexity index is 401. The molecule has 1 N–H and O–H groups in total. The van der Waals surface area contributed by atoms with Crippen LogP contribution in [0.2, 0.25) is 0 Å². The van der Waals surface area contributed by atoms with Crippen LogP contribution in [0.25, 0.3) is 0 Å². The SMILES string of the molecule is CCCNC(Cc1ccc(Br)s1)C1(OC)CCCCC1. The molecule has 1 unspecified atom stereocenters. The lowest BCUT2D eigenvalue weighted by molar-refractivity contribution is -0.0670. The van der Waals surface area contributed by atoms with Crippen molar-refractivity contribution in [2.24, 2.45) is 0 Å². The maximum atomic E-state index is 6.05. The van der Waals surface area contributed by atoms with Crippen molar-refractivity contribution in [2.45, 2.75) is 63.5 Å². The lowest BCUT2D eigenvalue weighted by atomic mass is 9.77. The topological polar surface area (TPSA) is 21.3 Å². The molecule has 0 amide bonds. The van der Waals surface area contributed by atoms with Gasteiger partial charge in [-0.25, -0.2) is 0 Å². The van der Waals surface area contributed by atoms with Gasteiger partial charge in [-0.05, 0) is 60.3 Å². The normalized spacial score (nSPS) is 19.9. The molecule has 114 valence electrons. The van der Waals surface area contributed by atoms with E-state index in [1.807, 2.05) is 18.4 Å². The second-order valence-electron chi connectivity index (χ2n) is 5.75. The molecule has 0 radical (unpaired) electrons. The minimum absolute atomic E-state index is 0.0316. The van der Waals surface area contributed by atoms with E-state index in [1.54, 1.807) is 0 Å². The Kier molecular flexibility index (Phi) is 6.53. The Morgan fingerprint density at radius 1 is 1.35 bits per heavy atom. The van der Waals surface area contributed by atoms with Crippen LogP contribution in [-0.4, -0.2) is 25.3 Å². The summed E-state index contributed by atoms with van der Waals surface area (Å²) < 4.78 is 7.27. The van der Waals surface area contributed by atoms with Crippen LogP contribution in [0, 0.1) is 0 Å². The second-order valence-corrected chi connectivity index (χ2v) is 8.29. The number of halogens is 1. The molecule has 0 aromatic carbocycles. The van der Waals surface area contributed by atoms with E-state index in [9.17, 15) is 0 Å². The predicted octanol–water partition coefficient (Wildman–Crippen LogP) is 4.77. The van der Waals surface area contributed by atoms with Gasteiger partial charge in [-0.1, -0.05) is 26.2 Å². The smallest absolute Gasteiger partial charge is 0.0834 e. The molecule has 2 rings (SSSR count). The largest absolute Gasteiger partial charge is 0.377 e. The number of hydrogen-bond acceptors (Lipinski definition) is 3. The van der Waals surface area contributed by atoms with Gasteiger partial charge in [0.25, 0.3) is 0 Å². The number of rotatable bonds is 7. The number of hydrogen-bond donors (Lipinski definition) is 1. The van der Waals surface area contributed by atoms with Crippen molar-refractivity contribution in [3.8, 4) is 0 Å². The maximum Gasteiger partial charge on any atom is 0.0834 e. The summed E-state index contributed by atoms with van der Waals surface area (Å²) in [5, 5.41) is 3.75. The van der Waals surface area contributed by atoms with Gasteiger partial charge in [0.05, 0.1) is 9.39 Å². The quantitative estimate of drug-likeness (QED) is 0.756. The fraction of sp³-hybridized carbons (Fsp3) is 0.750. The Balaban J connectivity index is 2.11. The molecule has 1 heterocycles. The average Bonchev–Trinajstić information content (AvgIpc) is 2.89. The van der Waals surface area contributed by atoms with Gasteiger partial charge < -0.3 is 10.1 Å². The average molecular weight is 360 g/mol. The van der Waals surface area contributed by atoms with E-state index in [2.05, 4.69) is 40.3 Å². The molecule has 0 aliphatic heterocycles. The van der Waals surface area contributed by atoms with E-state index in [0.29, 0.717) is 6.04 Å². The Hall–Kier alpha value is 0.1000. The zero-order valence-electron chi connectivity index (χ0n) is 12.6. The van der Waals surface area contributed by atoms with Crippen LogP contribution < -0.4 is 5.32 Å². The summed E-state index contributed by atoms with van der Waals surface area (Å²) in [6.07, 6.45) is 8.58. The molecule has 0 saturated heterocycles. The van der Waals surface area contributed by atoms with E-state index >= 15 is 0 Å². The Morgan fingerprint density at radius 2 is 2.10 bits per heavy atom. The van der Waals surface area contributed by atoms with E-state index in [1.165, 1.54) is 47.2 Å². The molecule has 0 bridgehead atoms. The molecule has 2 nitrogen and oxygen atoms in total. The van der Waals surface area contributed by atoms with Crippen LogP contribution >= 0.6 is 27.3 Å². The fourth-order valence-corrected chi connectivity index (χ4v) is 4.80. The molecule has 1 saturated carbocycles. The predicted molar refractivity (Wildman–Crippen MR) is 90.6 cm³/mol. The summed E-state index contributed by atoms with van der Waals surface area (Å²) in [5.41, 5.74) is 0.0316. The summed E-state index contributed by atoms with van der Waals surface area (Å²) in [6.45, 7) is 3.30. The van der Waals surface area contributed by atoms with E-state index in [0.717, 1.165) is 13.0 Å². The van der Waals surface area contributed by atoms with Crippen molar-refractivity contribution in [3.63, 3.8) is 0 Å². The molecule has 4 heteroatoms. The van der Waals surface area contributed by atoms with Crippen LogP contribution in [0.5, 0.6) is 0 Å². The summed E-state index contributed by atoms with van der Waals surface area (Å²) >= 11 is 5.41. The third kappa shape index (κ3) is 4.06. The minimum Gasteiger partial charge on any atom is -0.377 e. The summed E-state index contributed by atoms with van der Waals surface area (Å²) in [6, 6.07) is 4.82. The van der Waals surface area contributed by atoms with Gasteiger partial charge >= 0.3 is 0 Å². The monoisotopic (exact) mass is 359 g/mol. The molecule has 20 heavy (non-hydrogen) atoms. The van der Waals surface area contributed by atoms with Crippen LogP contribution in [0.3, 0.4) is 0 Å². The highest BCUT2D eigenvalue weighted by molar-refractivity contribution is 9.11. The van der Waals surface area contributed by atoms with Crippen LogP contribution in [0.1, 0.15) is 50.3 Å². The Morgan fingerprint density at radius 3 is 2.65 bits per heavy atom. The molecule has 1 aliphatic carbocycles. The van der Waals surface area contributed by atoms with Gasteiger partial charge in [0.15, 0.2) is 0 Å². The van der Waals surface area contributed by atoms with Gasteiger partial charge in [-0.15, -0.1) is 11.3 Å². The van der Waals surface area contributed by atoms with E-state index in [-0.39, 0.29) is 5.60 Å². The lowest BCUT2D eigenvalue weighted by Crippen LogP contribution is -2.54. The minimum atomic E-state index is 0.0316. The van der Waals surface area contributed by atoms with Gasteiger partial charge in [0, 0.05) is 18.0 Å². The second kappa shape index (κ2) is 7.92. The number of thiophene rings is 1. The summed E-state index contributed by atoms with van der Waals surface area (Å²) in [5.74, 6) is 0. The Labute approximate surface area is 135 Å². The van der Waals surface area contributed by atoms with Crippen LogP contribution in [0.4, 0.5) is 0 Å². The van der Waals surface area contributed by atoms with E-state index < -0.39 is 0 Å². The first kappa shape index (κ1) is 16.5. The summed E-state index contributed by atoms with van der Waals surface area (Å²) in [7, 11) is 1.90. The number of nitrogens with one attached hydrogen (secondary N) is 1. The molecule has 1 fully saturated rings. The molecule has 1 aliphatic rings. The van der Waals surface area contributed by atoms with Gasteiger partial charge in [0.2, 0.25) is 0 Å². The third-order valence-electron chi connectivity index (χ3n) is 4.42. The maximum absolute atomic E-state index is 6.05. The van der Waals surface area contributed by atoms with Crippen LogP contribution in [-0.2, 0) is 11.2 Å². The van der Waals surface area contributed by atoms with Crippen molar-refractivity contribution >= 4 is 27.3 Å². The van der Waals surface area contributed by atoms with Crippen LogP contribution in [0.15, 0.2) is 15.9 Å². The third-order valence-corrected chi connectivity index (χ3v) is 6.06. The molecular weight excluding hydrogens is 334 g/mol. The van der Waals surface area contributed by atoms with Crippen molar-refractivity contribution in [1.29, 1.82) is 0 Å². The van der Waals surface area contributed by atoms with Gasteiger partial charge in [-0.2, -0.15) is 0 Å². The molecule has 1 aromatic heterocycles. The van der Waals surface area contributed by atoms with Crippen molar-refractivity contribution < 1.29 is 4.74 Å². The highest BCUT2D eigenvalue weighted by Gasteiger charge is 2.39. The number of ether oxygens (including phenoxy) is 1. The first-order valence-corrected chi connectivity index (χ1v) is 9.34. The lowest BCUT2D eigenvalue weighted by Gasteiger charge is -2.43. The molecule has 1 atom stereocenters. The van der Waals surface area contributed by atoms with Crippen molar-refractivity contribution in [3.05, 3.63) is 20.8 Å². The number of methoxy groups -OCH3 is 1. The first-order valence-electron chi connectivity index (χ1n) is 7.73. The standard InChI is InChI=1S/C16H26BrNOS/c1-3-11-18-14(12-13-7-8-15(17)20-13)16(19-2)9-5-4-6-10-16/h7-8,14,18H,3-6,9-12H2,1-2H3. The molecule has 0 spiro atoms. The van der Waals surface area contributed by atoms with Crippen molar-refractivity contribution in [2.75, 3.05) is 13.7 Å². The highest BCUT2D eigenvalue weighted by atomic mass is 79.9. The first-order chi connectivity index (χ1) is 9.70. The summed E-state index contributed by atoms with van der Waals surface area (Å²) in [4.78, 5) is 1.44. The van der Waals surface area contributed by atoms with Gasteiger partial charge in [-0.3, -0.25) is 0 Å². The van der Waals surface area contributed by atoms with E-state index in [4.69, 9.17) is 4.74 Å². The molecular formula is C16H26BrNOS. The fourth-order valence-electron chi connectivity index (χ4n) is 3.27. The zero-order valence-corrected chi connectivity index (χ0v) is 15.0. The van der Waals surface area contributed by atoms with Crippen molar-refractivity contribution in [1.82, 2.24) is 5.32 Å². The van der Waals surface area contributed by atoms with Gasteiger partial charge in [0.1, 0.15) is 0 Å². The molecule has 1 aromatic rings. The zero-order chi connectivity index (χ0) is 14.4. The highest BCUT2D eigenvalue weighted by Crippen LogP contribution is 2.36.